The van der Waals surface area contributed by atoms with Crippen LogP contribution >= 0.6 is 0 Å². The summed E-state index contributed by atoms with van der Waals surface area (Å²) in [6.45, 7) is -0.0265. The van der Waals surface area contributed by atoms with Crippen molar-refractivity contribution in [3.8, 4) is 5.75 Å². The second-order valence-electron chi connectivity index (χ2n) is 5.38. The second-order valence-corrected chi connectivity index (χ2v) is 5.38. The summed E-state index contributed by atoms with van der Waals surface area (Å²) in [4.78, 5) is 34.4. The molecular weight excluding hydrogens is 344 g/mol. The molecule has 0 unspecified atom stereocenters. The molecule has 0 N–H and O–H groups in total. The van der Waals surface area contributed by atoms with Gasteiger partial charge in [-0.3, -0.25) is 14.7 Å². The Morgan fingerprint density at radius 2 is 2.00 bits per heavy atom. The summed E-state index contributed by atoms with van der Waals surface area (Å²) in [5.41, 5.74) is 1.20. The Labute approximate surface area is 146 Å². The number of hydrogen-bond acceptors (Lipinski definition) is 7. The highest BCUT2D eigenvalue weighted by Gasteiger charge is 2.17. The number of carbonyl (C=O) groups excluding carboxylic acids is 1. The molecule has 3 rings (SSSR count). The van der Waals surface area contributed by atoms with E-state index in [9.17, 15) is 19.7 Å². The Hall–Kier alpha value is -3.62. The van der Waals surface area contributed by atoms with E-state index < -0.39 is 16.6 Å². The molecule has 0 aliphatic carbocycles. The third kappa shape index (κ3) is 3.02. The molecule has 0 saturated carbocycles. The molecule has 0 saturated heterocycles. The van der Waals surface area contributed by atoms with Crippen molar-refractivity contribution in [2.24, 2.45) is 0 Å². The van der Waals surface area contributed by atoms with Gasteiger partial charge in [0.15, 0.2) is 5.58 Å². The van der Waals surface area contributed by atoms with Crippen LogP contribution in [0.15, 0.2) is 45.6 Å². The quantitative estimate of drug-likeness (QED) is 0.391. The average Bonchev–Trinajstić information content (AvgIpc) is 2.95. The highest BCUT2D eigenvalue weighted by Crippen LogP contribution is 2.26. The topological polar surface area (TPSA) is 114 Å². The van der Waals surface area contributed by atoms with Crippen LogP contribution in [-0.4, -0.2) is 29.7 Å². The number of methoxy groups -OCH3 is 2. The lowest BCUT2D eigenvalue weighted by Crippen LogP contribution is -2.15. The van der Waals surface area contributed by atoms with Gasteiger partial charge in [-0.05, 0) is 24.3 Å². The summed E-state index contributed by atoms with van der Waals surface area (Å²) < 4.78 is 16.3. The monoisotopic (exact) mass is 358 g/mol. The molecule has 0 bridgehead atoms. The smallest absolute Gasteiger partial charge is 0.420 e. The average molecular weight is 358 g/mol. The lowest BCUT2D eigenvalue weighted by Gasteiger charge is -2.09. The van der Waals surface area contributed by atoms with Gasteiger partial charge in [0.1, 0.15) is 5.75 Å². The Morgan fingerprint density at radius 3 is 2.65 bits per heavy atom. The maximum absolute atomic E-state index is 12.2. The van der Waals surface area contributed by atoms with Gasteiger partial charge < -0.3 is 13.9 Å². The number of hydrogen-bond donors (Lipinski definition) is 0. The number of nitrogens with zero attached hydrogens (tertiary/aromatic N) is 2. The Balaban J connectivity index is 2.13. The second kappa shape index (κ2) is 6.71. The van der Waals surface area contributed by atoms with Crippen molar-refractivity contribution in [2.45, 2.75) is 6.54 Å². The number of oxazole rings is 1. The molecule has 1 aromatic heterocycles. The molecule has 134 valence electrons. The fourth-order valence-electron chi connectivity index (χ4n) is 2.63. The van der Waals surface area contributed by atoms with E-state index in [1.165, 1.54) is 55.2 Å². The predicted octanol–water partition coefficient (Wildman–Crippen LogP) is 2.35. The molecule has 0 amide bonds. The summed E-state index contributed by atoms with van der Waals surface area (Å²) in [7, 11) is 2.68. The minimum atomic E-state index is -0.657. The standard InChI is InChI=1S/C17H14N2O7/c1-24-14-6-4-12(19(22)23)7-11(14)9-18-13-8-10(16(20)25-2)3-5-15(13)26-17(18)21/h3-8H,9H2,1-2H3. The van der Waals surface area contributed by atoms with Crippen LogP contribution in [-0.2, 0) is 11.3 Å². The summed E-state index contributed by atoms with van der Waals surface area (Å²) in [6, 6.07) is 8.54. The number of aromatic nitrogens is 1. The third-order valence-electron chi connectivity index (χ3n) is 3.89. The van der Waals surface area contributed by atoms with Gasteiger partial charge in [-0.2, -0.15) is 0 Å². The van der Waals surface area contributed by atoms with Gasteiger partial charge in [-0.15, -0.1) is 0 Å². The van der Waals surface area contributed by atoms with Crippen molar-refractivity contribution >= 4 is 22.8 Å². The van der Waals surface area contributed by atoms with Crippen LogP contribution in [0.2, 0.25) is 0 Å². The fraction of sp³-hybridized carbons (Fsp3) is 0.176. The van der Waals surface area contributed by atoms with Gasteiger partial charge >= 0.3 is 11.7 Å². The van der Waals surface area contributed by atoms with E-state index in [1.807, 2.05) is 0 Å². The van der Waals surface area contributed by atoms with Crippen LogP contribution < -0.4 is 10.5 Å². The van der Waals surface area contributed by atoms with Crippen molar-refractivity contribution in [2.75, 3.05) is 14.2 Å². The van der Waals surface area contributed by atoms with Crippen LogP contribution in [0.25, 0.3) is 11.1 Å². The zero-order valence-electron chi connectivity index (χ0n) is 13.9. The predicted molar refractivity (Wildman–Crippen MR) is 90.6 cm³/mol. The maximum Gasteiger partial charge on any atom is 0.420 e. The summed E-state index contributed by atoms with van der Waals surface area (Å²) in [6.07, 6.45) is 0. The molecule has 26 heavy (non-hydrogen) atoms. The van der Waals surface area contributed by atoms with E-state index in [0.717, 1.165) is 0 Å². The number of carbonyl (C=O) groups is 1. The largest absolute Gasteiger partial charge is 0.496 e. The number of non-ortho nitro benzene ring substituents is 1. The minimum Gasteiger partial charge on any atom is -0.496 e. The Morgan fingerprint density at radius 1 is 1.23 bits per heavy atom. The number of fused-ring (bicyclic) bond motifs is 1. The molecule has 9 nitrogen and oxygen atoms in total. The first-order valence-electron chi connectivity index (χ1n) is 7.47. The van der Waals surface area contributed by atoms with Gasteiger partial charge in [-0.25, -0.2) is 9.59 Å². The number of nitro benzene ring substituents is 1. The summed E-state index contributed by atoms with van der Waals surface area (Å²) in [5, 5.41) is 11.0. The maximum atomic E-state index is 12.2. The molecule has 9 heteroatoms. The van der Waals surface area contributed by atoms with Crippen LogP contribution in [0.5, 0.6) is 5.75 Å². The highest BCUT2D eigenvalue weighted by molar-refractivity contribution is 5.93. The highest BCUT2D eigenvalue weighted by atomic mass is 16.6. The Bertz CT molecular complexity index is 1060. The summed E-state index contributed by atoms with van der Waals surface area (Å²) >= 11 is 0. The summed E-state index contributed by atoms with van der Waals surface area (Å²) in [5.74, 6) is -0.823. The molecular formula is C17H14N2O7. The first-order chi connectivity index (χ1) is 12.4. The van der Waals surface area contributed by atoms with Crippen molar-refractivity contribution < 1.29 is 23.6 Å². The number of rotatable bonds is 5. The molecule has 0 fully saturated rings. The molecule has 0 spiro atoms. The van der Waals surface area contributed by atoms with Crippen molar-refractivity contribution in [1.29, 1.82) is 0 Å². The number of esters is 1. The van der Waals surface area contributed by atoms with Crippen LogP contribution in [0, 0.1) is 10.1 Å². The van der Waals surface area contributed by atoms with Gasteiger partial charge in [0, 0.05) is 17.7 Å². The molecule has 1 heterocycles. The van der Waals surface area contributed by atoms with E-state index >= 15 is 0 Å². The number of benzene rings is 2. The lowest BCUT2D eigenvalue weighted by molar-refractivity contribution is -0.384. The molecule has 2 aromatic carbocycles. The van der Waals surface area contributed by atoms with Gasteiger partial charge in [0.25, 0.3) is 5.69 Å². The first-order valence-corrected chi connectivity index (χ1v) is 7.47. The van der Waals surface area contributed by atoms with Crippen LogP contribution in [0.3, 0.4) is 0 Å². The van der Waals surface area contributed by atoms with E-state index in [-0.39, 0.29) is 23.4 Å². The van der Waals surface area contributed by atoms with Gasteiger partial charge in [-0.1, -0.05) is 0 Å². The molecule has 0 radical (unpaired) electrons. The van der Waals surface area contributed by atoms with E-state index in [0.29, 0.717) is 16.8 Å². The minimum absolute atomic E-state index is 0.0265. The van der Waals surface area contributed by atoms with Crippen LogP contribution in [0.4, 0.5) is 5.69 Å². The number of nitro groups is 1. The molecule has 0 atom stereocenters. The molecule has 3 aromatic rings. The fourth-order valence-corrected chi connectivity index (χ4v) is 2.63. The first kappa shape index (κ1) is 17.2. The van der Waals surface area contributed by atoms with Gasteiger partial charge in [0.2, 0.25) is 0 Å². The molecule has 0 aliphatic heterocycles. The number of ether oxygens (including phenoxy) is 2. The lowest BCUT2D eigenvalue weighted by atomic mass is 10.1. The SMILES string of the molecule is COC(=O)c1ccc2oc(=O)n(Cc3cc([N+](=O)[O-])ccc3OC)c2c1. The zero-order valence-corrected chi connectivity index (χ0v) is 13.9. The van der Waals surface area contributed by atoms with E-state index in [2.05, 4.69) is 4.74 Å². The van der Waals surface area contributed by atoms with Crippen molar-refractivity contribution in [1.82, 2.24) is 4.57 Å². The van der Waals surface area contributed by atoms with Crippen LogP contribution in [0.1, 0.15) is 15.9 Å². The third-order valence-corrected chi connectivity index (χ3v) is 3.89. The van der Waals surface area contributed by atoms with Gasteiger partial charge in [0.05, 0.1) is 36.8 Å². The van der Waals surface area contributed by atoms with Crippen molar-refractivity contribution in [3.63, 3.8) is 0 Å². The van der Waals surface area contributed by atoms with E-state index in [4.69, 9.17) is 9.15 Å². The Kier molecular flexibility index (Phi) is 4.44. The normalized spacial score (nSPS) is 10.7. The van der Waals surface area contributed by atoms with Crippen molar-refractivity contribution in [3.05, 3.63) is 68.2 Å². The zero-order chi connectivity index (χ0) is 18.8. The van der Waals surface area contributed by atoms with E-state index in [1.54, 1.807) is 0 Å². The molecule has 0 aliphatic rings.